The summed E-state index contributed by atoms with van der Waals surface area (Å²) < 4.78 is 6.13. The van der Waals surface area contributed by atoms with E-state index < -0.39 is 11.9 Å². The third-order valence-electron chi connectivity index (χ3n) is 3.38. The second kappa shape index (κ2) is 6.26. The van der Waals surface area contributed by atoms with Crippen LogP contribution in [0.3, 0.4) is 0 Å². The average molecular weight is 373 g/mol. The number of rotatable bonds is 3. The van der Waals surface area contributed by atoms with Crippen LogP contribution in [-0.4, -0.2) is 19.0 Å². The highest BCUT2D eigenvalue weighted by Crippen LogP contribution is 2.27. The van der Waals surface area contributed by atoms with Gasteiger partial charge in [-0.15, -0.1) is 0 Å². The Morgan fingerprint density at radius 2 is 1.87 bits per heavy atom. The number of hydrogen-bond acceptors (Lipinski definition) is 3. The summed E-state index contributed by atoms with van der Waals surface area (Å²) in [6.07, 6.45) is 1.60. The number of benzene rings is 2. The molecule has 23 heavy (non-hydrogen) atoms. The Kier molecular flexibility index (Phi) is 4.16. The second-order valence-electron chi connectivity index (χ2n) is 4.85. The van der Waals surface area contributed by atoms with E-state index in [2.05, 4.69) is 21.2 Å². The quantitative estimate of drug-likeness (QED) is 0.661. The standard InChI is InChI=1S/C17H13BrN2O3/c1-23-15-8-7-12(18)9-11(15)10-14-16(21)20(17(22)19-14)13-5-3-2-4-6-13/h2-10H,1H3,(H,19,22). The fraction of sp³-hybridized carbons (Fsp3) is 0.0588. The Hall–Kier alpha value is -2.60. The SMILES string of the molecule is COc1ccc(Br)cc1C=C1NC(=O)N(c2ccccc2)C1=O. The molecule has 0 saturated carbocycles. The van der Waals surface area contributed by atoms with Crippen molar-refractivity contribution in [2.75, 3.05) is 12.0 Å². The molecular formula is C17H13BrN2O3. The van der Waals surface area contributed by atoms with E-state index in [0.717, 1.165) is 9.37 Å². The van der Waals surface area contributed by atoms with Gasteiger partial charge in [0.1, 0.15) is 11.4 Å². The summed E-state index contributed by atoms with van der Waals surface area (Å²) in [6.45, 7) is 0. The first-order valence-electron chi connectivity index (χ1n) is 6.86. The van der Waals surface area contributed by atoms with E-state index in [9.17, 15) is 9.59 Å². The lowest BCUT2D eigenvalue weighted by Gasteiger charge is -2.11. The van der Waals surface area contributed by atoms with E-state index in [1.807, 2.05) is 18.2 Å². The number of carbonyl (C=O) groups is 2. The van der Waals surface area contributed by atoms with Crippen molar-refractivity contribution in [2.24, 2.45) is 0 Å². The summed E-state index contributed by atoms with van der Waals surface area (Å²) in [5.74, 6) is 0.212. The van der Waals surface area contributed by atoms with Gasteiger partial charge in [0.05, 0.1) is 12.8 Å². The molecule has 1 saturated heterocycles. The molecule has 6 heteroatoms. The Morgan fingerprint density at radius 3 is 2.57 bits per heavy atom. The van der Waals surface area contributed by atoms with Crippen LogP contribution < -0.4 is 15.0 Å². The molecule has 0 spiro atoms. The van der Waals surface area contributed by atoms with E-state index >= 15 is 0 Å². The van der Waals surface area contributed by atoms with Crippen LogP contribution in [0, 0.1) is 0 Å². The molecule has 1 aliphatic heterocycles. The molecule has 0 atom stereocenters. The topological polar surface area (TPSA) is 58.6 Å². The Balaban J connectivity index is 1.98. The number of ether oxygens (including phenoxy) is 1. The summed E-state index contributed by atoms with van der Waals surface area (Å²) >= 11 is 3.38. The van der Waals surface area contributed by atoms with E-state index in [4.69, 9.17) is 4.74 Å². The van der Waals surface area contributed by atoms with Gasteiger partial charge >= 0.3 is 6.03 Å². The van der Waals surface area contributed by atoms with Crippen molar-refractivity contribution in [3.05, 3.63) is 64.3 Å². The third-order valence-corrected chi connectivity index (χ3v) is 3.88. The van der Waals surface area contributed by atoms with Gasteiger partial charge in [0.2, 0.25) is 0 Å². The number of para-hydroxylation sites is 1. The number of halogens is 1. The number of urea groups is 1. The van der Waals surface area contributed by atoms with Crippen LogP contribution >= 0.6 is 15.9 Å². The summed E-state index contributed by atoms with van der Waals surface area (Å²) in [6, 6.07) is 13.8. The van der Waals surface area contributed by atoms with Gasteiger partial charge in [-0.3, -0.25) is 4.79 Å². The van der Waals surface area contributed by atoms with Crippen molar-refractivity contribution < 1.29 is 14.3 Å². The van der Waals surface area contributed by atoms with Crippen molar-refractivity contribution >= 4 is 39.6 Å². The number of imide groups is 1. The molecule has 1 fully saturated rings. The first-order chi connectivity index (χ1) is 11.1. The van der Waals surface area contributed by atoms with E-state index in [1.165, 1.54) is 0 Å². The third kappa shape index (κ3) is 2.98. The molecule has 5 nitrogen and oxygen atoms in total. The van der Waals surface area contributed by atoms with Crippen molar-refractivity contribution in [3.63, 3.8) is 0 Å². The van der Waals surface area contributed by atoms with Gasteiger partial charge in [0, 0.05) is 10.0 Å². The summed E-state index contributed by atoms with van der Waals surface area (Å²) in [5, 5.41) is 2.60. The maximum Gasteiger partial charge on any atom is 0.333 e. The predicted octanol–water partition coefficient (Wildman–Crippen LogP) is 3.56. The summed E-state index contributed by atoms with van der Waals surface area (Å²) in [7, 11) is 1.55. The largest absolute Gasteiger partial charge is 0.496 e. The maximum absolute atomic E-state index is 12.5. The smallest absolute Gasteiger partial charge is 0.333 e. The molecule has 2 aromatic carbocycles. The van der Waals surface area contributed by atoms with E-state index in [0.29, 0.717) is 17.0 Å². The minimum atomic E-state index is -0.471. The van der Waals surface area contributed by atoms with Crippen LogP contribution in [0.2, 0.25) is 0 Å². The number of nitrogens with zero attached hydrogens (tertiary/aromatic N) is 1. The van der Waals surface area contributed by atoms with Gasteiger partial charge in [0.15, 0.2) is 0 Å². The molecule has 3 rings (SSSR count). The zero-order valence-corrected chi connectivity index (χ0v) is 13.8. The number of carbonyl (C=O) groups excluding carboxylic acids is 2. The molecular weight excluding hydrogens is 360 g/mol. The highest BCUT2D eigenvalue weighted by Gasteiger charge is 2.34. The highest BCUT2D eigenvalue weighted by molar-refractivity contribution is 9.10. The minimum absolute atomic E-state index is 0.204. The monoisotopic (exact) mass is 372 g/mol. The predicted molar refractivity (Wildman–Crippen MR) is 91.1 cm³/mol. The normalized spacial score (nSPS) is 15.9. The second-order valence-corrected chi connectivity index (χ2v) is 5.77. The molecule has 0 aromatic heterocycles. The molecule has 3 amide bonds. The van der Waals surface area contributed by atoms with Crippen molar-refractivity contribution in [2.45, 2.75) is 0 Å². The van der Waals surface area contributed by atoms with Gasteiger partial charge in [-0.05, 0) is 36.4 Å². The van der Waals surface area contributed by atoms with Crippen LogP contribution in [0.25, 0.3) is 6.08 Å². The molecule has 0 aliphatic carbocycles. The molecule has 116 valence electrons. The van der Waals surface area contributed by atoms with Crippen molar-refractivity contribution in [1.82, 2.24) is 5.32 Å². The molecule has 1 heterocycles. The van der Waals surface area contributed by atoms with Crippen LogP contribution in [0.5, 0.6) is 5.75 Å². The summed E-state index contributed by atoms with van der Waals surface area (Å²) in [5.41, 5.74) is 1.43. The summed E-state index contributed by atoms with van der Waals surface area (Å²) in [4.78, 5) is 25.8. The molecule has 0 radical (unpaired) electrons. The Labute approximate surface area is 141 Å². The first kappa shape index (κ1) is 15.3. The van der Waals surface area contributed by atoms with Gasteiger partial charge in [-0.25, -0.2) is 9.69 Å². The fourth-order valence-electron chi connectivity index (χ4n) is 2.32. The number of hydrogen-bond donors (Lipinski definition) is 1. The van der Waals surface area contributed by atoms with Crippen LogP contribution in [-0.2, 0) is 4.79 Å². The van der Waals surface area contributed by atoms with E-state index in [1.54, 1.807) is 43.5 Å². The molecule has 2 aromatic rings. The molecule has 1 N–H and O–H groups in total. The number of nitrogens with one attached hydrogen (secondary N) is 1. The average Bonchev–Trinajstić information content (AvgIpc) is 2.82. The Morgan fingerprint density at radius 1 is 1.13 bits per heavy atom. The number of amides is 3. The fourth-order valence-corrected chi connectivity index (χ4v) is 2.70. The lowest BCUT2D eigenvalue weighted by Crippen LogP contribution is -2.30. The van der Waals surface area contributed by atoms with Gasteiger partial charge in [-0.2, -0.15) is 0 Å². The van der Waals surface area contributed by atoms with Gasteiger partial charge in [-0.1, -0.05) is 34.1 Å². The minimum Gasteiger partial charge on any atom is -0.496 e. The van der Waals surface area contributed by atoms with Crippen LogP contribution in [0.15, 0.2) is 58.7 Å². The van der Waals surface area contributed by atoms with Crippen molar-refractivity contribution in [3.8, 4) is 5.75 Å². The zero-order valence-electron chi connectivity index (χ0n) is 12.2. The Bertz CT molecular complexity index is 803. The van der Waals surface area contributed by atoms with Gasteiger partial charge < -0.3 is 10.1 Å². The number of methoxy groups -OCH3 is 1. The van der Waals surface area contributed by atoms with Crippen LogP contribution in [0.1, 0.15) is 5.56 Å². The van der Waals surface area contributed by atoms with Crippen molar-refractivity contribution in [1.29, 1.82) is 0 Å². The van der Waals surface area contributed by atoms with Crippen LogP contribution in [0.4, 0.5) is 10.5 Å². The lowest BCUT2D eigenvalue weighted by molar-refractivity contribution is -0.113. The molecule has 0 bridgehead atoms. The molecule has 0 unspecified atom stereocenters. The van der Waals surface area contributed by atoms with Gasteiger partial charge in [0.25, 0.3) is 5.91 Å². The van der Waals surface area contributed by atoms with E-state index in [-0.39, 0.29) is 5.70 Å². The maximum atomic E-state index is 12.5. The first-order valence-corrected chi connectivity index (χ1v) is 7.65. The number of anilines is 1. The highest BCUT2D eigenvalue weighted by atomic mass is 79.9. The molecule has 1 aliphatic rings. The lowest BCUT2D eigenvalue weighted by atomic mass is 10.1. The zero-order chi connectivity index (χ0) is 16.4.